The molecule has 0 spiro atoms. The number of aromatic nitrogens is 3. The maximum atomic E-state index is 5.57. The summed E-state index contributed by atoms with van der Waals surface area (Å²) in [7, 11) is 0. The largest absolute Gasteiger partial charge is 0.380 e. The molecule has 5 heteroatoms. The van der Waals surface area contributed by atoms with E-state index in [-0.39, 0.29) is 0 Å². The molecule has 0 radical (unpaired) electrons. The molecule has 1 aromatic heterocycles. The Kier molecular flexibility index (Phi) is 7.67. The molecule has 0 unspecified atom stereocenters. The van der Waals surface area contributed by atoms with Crippen molar-refractivity contribution < 1.29 is 4.74 Å². The standard InChI is InChI=1S/C14H28N4O/c1-12(2)5-7-19-8-6-18-11-16-14(17-18)10-15-9-13(3)4/h11-13,15H,5-10H2,1-4H3. The Hall–Kier alpha value is -0.940. The SMILES string of the molecule is CC(C)CCOCCn1cnc(CNCC(C)C)n1. The molecule has 0 atom stereocenters. The third-order valence-corrected chi connectivity index (χ3v) is 2.72. The van der Waals surface area contributed by atoms with Gasteiger partial charge >= 0.3 is 0 Å². The highest BCUT2D eigenvalue weighted by Gasteiger charge is 2.01. The first-order chi connectivity index (χ1) is 9.08. The lowest BCUT2D eigenvalue weighted by molar-refractivity contribution is 0.114. The molecule has 0 amide bonds. The van der Waals surface area contributed by atoms with Crippen LogP contribution in [-0.4, -0.2) is 34.5 Å². The van der Waals surface area contributed by atoms with Crippen LogP contribution in [0.5, 0.6) is 0 Å². The van der Waals surface area contributed by atoms with Gasteiger partial charge in [0.2, 0.25) is 0 Å². The highest BCUT2D eigenvalue weighted by atomic mass is 16.5. The summed E-state index contributed by atoms with van der Waals surface area (Å²) in [6, 6.07) is 0. The molecule has 0 aliphatic rings. The van der Waals surface area contributed by atoms with Gasteiger partial charge in [-0.3, -0.25) is 4.68 Å². The van der Waals surface area contributed by atoms with E-state index in [1.165, 1.54) is 0 Å². The molecule has 0 saturated carbocycles. The third-order valence-electron chi connectivity index (χ3n) is 2.72. The van der Waals surface area contributed by atoms with Crippen molar-refractivity contribution in [3.8, 4) is 0 Å². The van der Waals surface area contributed by atoms with Crippen molar-refractivity contribution in [3.63, 3.8) is 0 Å². The van der Waals surface area contributed by atoms with Gasteiger partial charge in [-0.2, -0.15) is 5.10 Å². The van der Waals surface area contributed by atoms with Crippen LogP contribution >= 0.6 is 0 Å². The predicted molar refractivity (Wildman–Crippen MR) is 76.8 cm³/mol. The maximum Gasteiger partial charge on any atom is 0.164 e. The first-order valence-electron chi connectivity index (χ1n) is 7.24. The molecule has 0 aromatic carbocycles. The van der Waals surface area contributed by atoms with E-state index in [1.54, 1.807) is 6.33 Å². The van der Waals surface area contributed by atoms with Gasteiger partial charge in [-0.1, -0.05) is 27.7 Å². The van der Waals surface area contributed by atoms with Crippen LogP contribution in [0.1, 0.15) is 39.9 Å². The Bertz CT molecular complexity index is 336. The third kappa shape index (κ3) is 7.95. The molecular formula is C14H28N4O. The highest BCUT2D eigenvalue weighted by Crippen LogP contribution is 1.99. The van der Waals surface area contributed by atoms with Crippen molar-refractivity contribution in [1.82, 2.24) is 20.1 Å². The molecule has 5 nitrogen and oxygen atoms in total. The molecule has 0 fully saturated rings. The minimum absolute atomic E-state index is 0.649. The number of hydrogen-bond acceptors (Lipinski definition) is 4. The van der Waals surface area contributed by atoms with Gasteiger partial charge < -0.3 is 10.1 Å². The van der Waals surface area contributed by atoms with E-state index in [0.29, 0.717) is 18.4 Å². The Morgan fingerprint density at radius 2 is 2.00 bits per heavy atom. The zero-order valence-electron chi connectivity index (χ0n) is 12.7. The van der Waals surface area contributed by atoms with E-state index in [2.05, 4.69) is 43.1 Å². The zero-order chi connectivity index (χ0) is 14.1. The summed E-state index contributed by atoms with van der Waals surface area (Å²) in [5.41, 5.74) is 0. The molecule has 1 aromatic rings. The minimum atomic E-state index is 0.649. The minimum Gasteiger partial charge on any atom is -0.380 e. The molecule has 1 rings (SSSR count). The van der Waals surface area contributed by atoms with E-state index >= 15 is 0 Å². The van der Waals surface area contributed by atoms with Crippen molar-refractivity contribution in [2.75, 3.05) is 19.8 Å². The second-order valence-corrected chi connectivity index (χ2v) is 5.74. The molecule has 0 aliphatic carbocycles. The average molecular weight is 268 g/mol. The summed E-state index contributed by atoms with van der Waals surface area (Å²) in [5, 5.41) is 7.74. The van der Waals surface area contributed by atoms with Crippen LogP contribution in [0.15, 0.2) is 6.33 Å². The normalized spacial score (nSPS) is 11.7. The monoisotopic (exact) mass is 268 g/mol. The smallest absolute Gasteiger partial charge is 0.164 e. The quantitative estimate of drug-likeness (QED) is 0.660. The molecule has 1 heterocycles. The summed E-state index contributed by atoms with van der Waals surface area (Å²) in [6.45, 7) is 12.8. The van der Waals surface area contributed by atoms with E-state index in [9.17, 15) is 0 Å². The van der Waals surface area contributed by atoms with Gasteiger partial charge in [-0.25, -0.2) is 4.98 Å². The van der Waals surface area contributed by atoms with Crippen molar-refractivity contribution in [3.05, 3.63) is 12.2 Å². The summed E-state index contributed by atoms with van der Waals surface area (Å²) in [6.07, 6.45) is 2.89. The maximum absolute atomic E-state index is 5.57. The van der Waals surface area contributed by atoms with Crippen molar-refractivity contribution in [2.45, 2.75) is 47.2 Å². The second kappa shape index (κ2) is 9.04. The van der Waals surface area contributed by atoms with Gasteiger partial charge in [0.1, 0.15) is 6.33 Å². The van der Waals surface area contributed by atoms with E-state index < -0.39 is 0 Å². The molecule has 110 valence electrons. The lowest BCUT2D eigenvalue weighted by Crippen LogP contribution is -2.20. The fourth-order valence-electron chi connectivity index (χ4n) is 1.57. The lowest BCUT2D eigenvalue weighted by Gasteiger charge is -2.06. The van der Waals surface area contributed by atoms with E-state index in [0.717, 1.165) is 38.5 Å². The number of ether oxygens (including phenoxy) is 1. The number of nitrogens with zero attached hydrogens (tertiary/aromatic N) is 3. The second-order valence-electron chi connectivity index (χ2n) is 5.74. The van der Waals surface area contributed by atoms with Crippen LogP contribution in [0.3, 0.4) is 0 Å². The molecule has 0 aliphatic heterocycles. The van der Waals surface area contributed by atoms with Gasteiger partial charge in [0.15, 0.2) is 5.82 Å². The fourth-order valence-corrected chi connectivity index (χ4v) is 1.57. The summed E-state index contributed by atoms with van der Waals surface area (Å²) < 4.78 is 7.41. The van der Waals surface area contributed by atoms with Gasteiger partial charge in [0.05, 0.1) is 19.7 Å². The lowest BCUT2D eigenvalue weighted by atomic mass is 10.1. The highest BCUT2D eigenvalue weighted by molar-refractivity contribution is 4.80. The average Bonchev–Trinajstić information content (AvgIpc) is 2.76. The topological polar surface area (TPSA) is 52.0 Å². The zero-order valence-corrected chi connectivity index (χ0v) is 12.7. The summed E-state index contributed by atoms with van der Waals surface area (Å²) in [5.74, 6) is 2.20. The fraction of sp³-hybridized carbons (Fsp3) is 0.857. The first-order valence-corrected chi connectivity index (χ1v) is 7.24. The van der Waals surface area contributed by atoms with Gasteiger partial charge in [0, 0.05) is 6.61 Å². The van der Waals surface area contributed by atoms with Crippen LogP contribution in [0.4, 0.5) is 0 Å². The van der Waals surface area contributed by atoms with Crippen LogP contribution in [0, 0.1) is 11.8 Å². The van der Waals surface area contributed by atoms with E-state index in [4.69, 9.17) is 4.74 Å². The summed E-state index contributed by atoms with van der Waals surface area (Å²) >= 11 is 0. The molecule has 1 N–H and O–H groups in total. The van der Waals surface area contributed by atoms with Crippen molar-refractivity contribution in [1.29, 1.82) is 0 Å². The molecule has 0 bridgehead atoms. The molecular weight excluding hydrogens is 240 g/mol. The van der Waals surface area contributed by atoms with Crippen molar-refractivity contribution >= 4 is 0 Å². The Labute approximate surface area is 116 Å². The first kappa shape index (κ1) is 16.1. The molecule has 0 saturated heterocycles. The van der Waals surface area contributed by atoms with Crippen LogP contribution in [0.25, 0.3) is 0 Å². The molecule has 19 heavy (non-hydrogen) atoms. The predicted octanol–water partition coefficient (Wildman–Crippen LogP) is 2.09. The van der Waals surface area contributed by atoms with Gasteiger partial charge in [-0.15, -0.1) is 0 Å². The van der Waals surface area contributed by atoms with Crippen LogP contribution < -0.4 is 5.32 Å². The summed E-state index contributed by atoms with van der Waals surface area (Å²) in [4.78, 5) is 4.27. The van der Waals surface area contributed by atoms with E-state index in [1.807, 2.05) is 4.68 Å². The van der Waals surface area contributed by atoms with Gasteiger partial charge in [-0.05, 0) is 24.8 Å². The Balaban J connectivity index is 2.12. The van der Waals surface area contributed by atoms with Gasteiger partial charge in [0.25, 0.3) is 0 Å². The number of hydrogen-bond donors (Lipinski definition) is 1. The Morgan fingerprint density at radius 1 is 1.21 bits per heavy atom. The Morgan fingerprint density at radius 3 is 2.68 bits per heavy atom. The van der Waals surface area contributed by atoms with Crippen LogP contribution in [-0.2, 0) is 17.8 Å². The van der Waals surface area contributed by atoms with Crippen LogP contribution in [0.2, 0.25) is 0 Å². The number of rotatable bonds is 10. The van der Waals surface area contributed by atoms with Crippen molar-refractivity contribution in [2.24, 2.45) is 11.8 Å². The number of nitrogens with one attached hydrogen (secondary N) is 1.